The highest BCUT2D eigenvalue weighted by atomic mass is 32.2. The Hall–Kier alpha value is -3.59. The Kier molecular flexibility index (Phi) is 9.08. The molecule has 0 aliphatic heterocycles. The third-order valence-electron chi connectivity index (χ3n) is 5.27. The number of hydrogen-bond donors (Lipinski definition) is 2. The largest absolute Gasteiger partial charge is 0.497 e. The van der Waals surface area contributed by atoms with Crippen molar-refractivity contribution < 1.29 is 14.3 Å². The lowest BCUT2D eigenvalue weighted by molar-refractivity contribution is -0.113. The van der Waals surface area contributed by atoms with E-state index in [1.54, 1.807) is 43.5 Å². The molecule has 184 valence electrons. The van der Waals surface area contributed by atoms with Crippen LogP contribution in [-0.4, -0.2) is 39.4 Å². The number of carbonyl (C=O) groups is 2. The summed E-state index contributed by atoms with van der Waals surface area (Å²) in [6.45, 7) is 10.3. The van der Waals surface area contributed by atoms with Gasteiger partial charge in [-0.2, -0.15) is 0 Å². The van der Waals surface area contributed by atoms with Gasteiger partial charge in [0.2, 0.25) is 5.91 Å². The van der Waals surface area contributed by atoms with Crippen LogP contribution in [-0.2, 0) is 11.3 Å². The molecule has 0 saturated carbocycles. The Labute approximate surface area is 210 Å². The molecule has 0 bridgehead atoms. The van der Waals surface area contributed by atoms with Crippen molar-refractivity contribution in [3.8, 4) is 5.75 Å². The fraction of sp³-hybridized carbons (Fsp3) is 0.308. The number of hydrogen-bond acceptors (Lipinski definition) is 6. The molecule has 3 rings (SSSR count). The lowest BCUT2D eigenvalue weighted by Crippen LogP contribution is -2.34. The van der Waals surface area contributed by atoms with E-state index in [-0.39, 0.29) is 29.5 Å². The molecule has 2 N–H and O–H groups in total. The van der Waals surface area contributed by atoms with Gasteiger partial charge in [-0.1, -0.05) is 49.4 Å². The second kappa shape index (κ2) is 12.2. The maximum absolute atomic E-state index is 12.9. The van der Waals surface area contributed by atoms with Crippen molar-refractivity contribution in [3.63, 3.8) is 0 Å². The number of rotatable bonds is 11. The van der Waals surface area contributed by atoms with Gasteiger partial charge in [-0.05, 0) is 49.2 Å². The van der Waals surface area contributed by atoms with Crippen molar-refractivity contribution >= 4 is 29.3 Å². The summed E-state index contributed by atoms with van der Waals surface area (Å²) in [4.78, 5) is 25.4. The molecule has 1 atom stereocenters. The highest BCUT2D eigenvalue weighted by molar-refractivity contribution is 7.99. The van der Waals surface area contributed by atoms with Gasteiger partial charge in [0.25, 0.3) is 5.91 Å². The van der Waals surface area contributed by atoms with Crippen molar-refractivity contribution in [3.05, 3.63) is 78.1 Å². The molecular weight excluding hydrogens is 462 g/mol. The van der Waals surface area contributed by atoms with E-state index in [9.17, 15) is 9.59 Å². The third kappa shape index (κ3) is 6.95. The zero-order chi connectivity index (χ0) is 25.4. The van der Waals surface area contributed by atoms with E-state index < -0.39 is 0 Å². The Balaban J connectivity index is 1.73. The highest BCUT2D eigenvalue weighted by Gasteiger charge is 2.26. The Morgan fingerprint density at radius 1 is 1.17 bits per heavy atom. The van der Waals surface area contributed by atoms with Gasteiger partial charge in [0.1, 0.15) is 5.75 Å². The summed E-state index contributed by atoms with van der Waals surface area (Å²) in [5.74, 6) is 1.23. The SMILES string of the molecule is C=CCn1c(SCC(=O)Nc2ccc(OC)cc2)nnc1[C@H](NC(=O)c1cccc(C)c1)C(C)C. The zero-order valence-electron chi connectivity index (χ0n) is 20.4. The van der Waals surface area contributed by atoms with Crippen molar-refractivity contribution in [2.75, 3.05) is 18.2 Å². The minimum atomic E-state index is -0.363. The second-order valence-corrected chi connectivity index (χ2v) is 9.31. The van der Waals surface area contributed by atoms with E-state index in [4.69, 9.17) is 4.74 Å². The molecule has 2 amide bonds. The van der Waals surface area contributed by atoms with Gasteiger partial charge in [-0.15, -0.1) is 16.8 Å². The predicted molar refractivity (Wildman–Crippen MR) is 139 cm³/mol. The quantitative estimate of drug-likeness (QED) is 0.298. The van der Waals surface area contributed by atoms with Crippen LogP contribution in [0.1, 0.15) is 41.6 Å². The number of benzene rings is 2. The molecule has 0 aliphatic carbocycles. The van der Waals surface area contributed by atoms with Crippen LogP contribution in [0.15, 0.2) is 66.3 Å². The molecule has 1 aromatic heterocycles. The zero-order valence-corrected chi connectivity index (χ0v) is 21.3. The topological polar surface area (TPSA) is 98.1 Å². The molecule has 0 saturated heterocycles. The van der Waals surface area contributed by atoms with Gasteiger partial charge in [0, 0.05) is 17.8 Å². The van der Waals surface area contributed by atoms with Gasteiger partial charge < -0.3 is 19.9 Å². The number of thioether (sulfide) groups is 1. The summed E-state index contributed by atoms with van der Waals surface area (Å²) in [6, 6.07) is 14.2. The van der Waals surface area contributed by atoms with Crippen LogP contribution < -0.4 is 15.4 Å². The standard InChI is InChI=1S/C26H31N5O3S/c1-6-14-31-24(23(17(2)3)28-25(33)19-9-7-8-18(4)15-19)29-30-26(31)35-16-22(32)27-20-10-12-21(34-5)13-11-20/h6-13,15,17,23H,1,14,16H2,2-5H3,(H,27,32)(H,28,33)/t23-/m1/s1. The van der Waals surface area contributed by atoms with Crippen LogP contribution in [0.3, 0.4) is 0 Å². The van der Waals surface area contributed by atoms with E-state index in [2.05, 4.69) is 27.4 Å². The first kappa shape index (κ1) is 26.0. The Bertz CT molecular complexity index is 1170. The third-order valence-corrected chi connectivity index (χ3v) is 6.24. The molecule has 0 fully saturated rings. The van der Waals surface area contributed by atoms with Crippen LogP contribution in [0.5, 0.6) is 5.75 Å². The molecule has 0 radical (unpaired) electrons. The number of nitrogens with one attached hydrogen (secondary N) is 2. The van der Waals surface area contributed by atoms with Crippen LogP contribution in [0.4, 0.5) is 5.69 Å². The van der Waals surface area contributed by atoms with Crippen LogP contribution in [0.25, 0.3) is 0 Å². The van der Waals surface area contributed by atoms with E-state index in [1.165, 1.54) is 11.8 Å². The van der Waals surface area contributed by atoms with Gasteiger partial charge in [0.05, 0.1) is 18.9 Å². The van der Waals surface area contributed by atoms with Crippen LogP contribution in [0, 0.1) is 12.8 Å². The first-order valence-electron chi connectivity index (χ1n) is 11.3. The molecule has 8 nitrogen and oxygen atoms in total. The van der Waals surface area contributed by atoms with E-state index in [1.807, 2.05) is 43.5 Å². The van der Waals surface area contributed by atoms with Gasteiger partial charge in [0.15, 0.2) is 11.0 Å². The van der Waals surface area contributed by atoms with Crippen molar-refractivity contribution in [2.45, 2.75) is 38.5 Å². The van der Waals surface area contributed by atoms with E-state index in [0.717, 1.165) is 11.3 Å². The predicted octanol–water partition coefficient (Wildman–Crippen LogP) is 4.64. The number of allylic oxidation sites excluding steroid dienone is 1. The number of ether oxygens (including phenoxy) is 1. The summed E-state index contributed by atoms with van der Waals surface area (Å²) in [7, 11) is 1.59. The van der Waals surface area contributed by atoms with Crippen molar-refractivity contribution in [1.29, 1.82) is 0 Å². The maximum Gasteiger partial charge on any atom is 0.251 e. The van der Waals surface area contributed by atoms with Crippen LogP contribution >= 0.6 is 11.8 Å². The van der Waals surface area contributed by atoms with Gasteiger partial charge in [-0.3, -0.25) is 9.59 Å². The second-order valence-electron chi connectivity index (χ2n) is 8.37. The normalized spacial score (nSPS) is 11.7. The summed E-state index contributed by atoms with van der Waals surface area (Å²) in [5.41, 5.74) is 2.29. The average Bonchev–Trinajstić information content (AvgIpc) is 3.23. The first-order chi connectivity index (χ1) is 16.8. The Morgan fingerprint density at radius 3 is 2.54 bits per heavy atom. The van der Waals surface area contributed by atoms with Gasteiger partial charge in [-0.25, -0.2) is 0 Å². The van der Waals surface area contributed by atoms with Crippen LogP contribution in [0.2, 0.25) is 0 Å². The molecular formula is C26H31N5O3S. The fourth-order valence-electron chi connectivity index (χ4n) is 3.48. The molecule has 0 unspecified atom stereocenters. The smallest absolute Gasteiger partial charge is 0.251 e. The molecule has 0 spiro atoms. The maximum atomic E-state index is 12.9. The molecule has 2 aromatic carbocycles. The summed E-state index contributed by atoms with van der Waals surface area (Å²) >= 11 is 1.28. The summed E-state index contributed by atoms with van der Waals surface area (Å²) in [5, 5.41) is 15.2. The first-order valence-corrected chi connectivity index (χ1v) is 12.3. The monoisotopic (exact) mass is 493 g/mol. The summed E-state index contributed by atoms with van der Waals surface area (Å²) < 4.78 is 7.03. The molecule has 35 heavy (non-hydrogen) atoms. The Morgan fingerprint density at radius 2 is 1.91 bits per heavy atom. The lowest BCUT2D eigenvalue weighted by Gasteiger charge is -2.22. The number of aromatic nitrogens is 3. The minimum absolute atomic E-state index is 0.0627. The number of nitrogens with zero attached hydrogens (tertiary/aromatic N) is 3. The van der Waals surface area contributed by atoms with Crippen molar-refractivity contribution in [2.24, 2.45) is 5.92 Å². The summed E-state index contributed by atoms with van der Waals surface area (Å²) in [6.07, 6.45) is 1.74. The number of anilines is 1. The van der Waals surface area contributed by atoms with Crippen molar-refractivity contribution in [1.82, 2.24) is 20.1 Å². The lowest BCUT2D eigenvalue weighted by atomic mass is 10.0. The molecule has 0 aliphatic rings. The fourth-order valence-corrected chi connectivity index (χ4v) is 4.23. The number of methoxy groups -OCH3 is 1. The molecule has 9 heteroatoms. The molecule has 1 heterocycles. The van der Waals surface area contributed by atoms with Gasteiger partial charge >= 0.3 is 0 Å². The van der Waals surface area contributed by atoms with E-state index in [0.29, 0.717) is 28.8 Å². The average molecular weight is 494 g/mol. The molecule has 3 aromatic rings. The minimum Gasteiger partial charge on any atom is -0.497 e. The number of aryl methyl sites for hydroxylation is 1. The highest BCUT2D eigenvalue weighted by Crippen LogP contribution is 2.26. The number of carbonyl (C=O) groups excluding carboxylic acids is 2. The number of amides is 2. The van der Waals surface area contributed by atoms with E-state index >= 15 is 0 Å².